The zero-order chi connectivity index (χ0) is 20.8. The van der Waals surface area contributed by atoms with Crippen LogP contribution < -0.4 is 10.5 Å². The van der Waals surface area contributed by atoms with E-state index in [4.69, 9.17) is 10.5 Å². The number of thioether (sulfide) groups is 1. The summed E-state index contributed by atoms with van der Waals surface area (Å²) in [5.41, 5.74) is 5.59. The van der Waals surface area contributed by atoms with E-state index in [-0.39, 0.29) is 35.1 Å². The van der Waals surface area contributed by atoms with Crippen LogP contribution in [-0.2, 0) is 9.67 Å². The first-order valence-corrected chi connectivity index (χ1v) is 9.52. The molecule has 5 nitrogen and oxygen atoms in total. The molecule has 2 N–H and O–H groups in total. The Morgan fingerprint density at radius 3 is 2.72 bits per heavy atom. The first-order chi connectivity index (χ1) is 13.9. The number of halogens is 4. The highest BCUT2D eigenvalue weighted by atomic mass is 32.2. The molecule has 2 aromatic carbocycles. The fourth-order valence-electron chi connectivity index (χ4n) is 3.68. The molecule has 2 aliphatic rings. The van der Waals surface area contributed by atoms with Crippen molar-refractivity contribution in [2.24, 2.45) is 16.8 Å². The van der Waals surface area contributed by atoms with E-state index in [1.54, 1.807) is 0 Å². The SMILES string of the molecule is NCCC1COc2c(F)cc(F)cc2C12SC(c1cc(F)ccc1F)=NN2C=O. The summed E-state index contributed by atoms with van der Waals surface area (Å²) in [6.45, 7) is 0.193. The number of hydrogen-bond donors (Lipinski definition) is 1. The predicted molar refractivity (Wildman–Crippen MR) is 99.1 cm³/mol. The van der Waals surface area contributed by atoms with Gasteiger partial charge in [0, 0.05) is 23.1 Å². The van der Waals surface area contributed by atoms with Gasteiger partial charge >= 0.3 is 0 Å². The number of hydrazone groups is 1. The van der Waals surface area contributed by atoms with Crippen LogP contribution in [0.4, 0.5) is 17.6 Å². The fraction of sp³-hybridized carbons (Fsp3) is 0.263. The van der Waals surface area contributed by atoms with E-state index in [0.717, 1.165) is 41.0 Å². The summed E-state index contributed by atoms with van der Waals surface area (Å²) in [7, 11) is 0. The van der Waals surface area contributed by atoms with Crippen LogP contribution in [-0.4, -0.2) is 29.6 Å². The average Bonchev–Trinajstić information content (AvgIpc) is 3.06. The number of ether oxygens (including phenoxy) is 1. The number of carbonyl (C=O) groups excluding carboxylic acids is 1. The second-order valence-corrected chi connectivity index (χ2v) is 7.84. The molecule has 0 aliphatic carbocycles. The standard InChI is InChI=1S/C19H15F4N3O2S/c20-11-1-2-15(22)13(5-11)18-25-26(9-27)19(29-18)10(3-4-24)8-28-17-14(19)6-12(21)7-16(17)23/h1-2,5-7,9-10H,3-4,8,24H2. The summed E-state index contributed by atoms with van der Waals surface area (Å²) >= 11 is 0.920. The Morgan fingerprint density at radius 2 is 2.00 bits per heavy atom. The van der Waals surface area contributed by atoms with Gasteiger partial charge in [0.15, 0.2) is 16.4 Å². The molecule has 10 heteroatoms. The third-order valence-corrected chi connectivity index (χ3v) is 6.49. The van der Waals surface area contributed by atoms with Gasteiger partial charge in [-0.05, 0) is 37.2 Å². The summed E-state index contributed by atoms with van der Waals surface area (Å²) in [5.74, 6) is -3.94. The van der Waals surface area contributed by atoms with Gasteiger partial charge in [-0.25, -0.2) is 22.6 Å². The minimum absolute atomic E-state index is 0.00800. The van der Waals surface area contributed by atoms with E-state index in [1.807, 2.05) is 0 Å². The maximum Gasteiger partial charge on any atom is 0.231 e. The van der Waals surface area contributed by atoms with Crippen LogP contribution in [0.15, 0.2) is 35.4 Å². The molecular weight excluding hydrogens is 410 g/mol. The van der Waals surface area contributed by atoms with Gasteiger partial charge in [0.05, 0.1) is 6.61 Å². The van der Waals surface area contributed by atoms with Crippen molar-refractivity contribution in [3.8, 4) is 5.75 Å². The Kier molecular flexibility index (Phi) is 4.99. The van der Waals surface area contributed by atoms with Crippen molar-refractivity contribution in [3.63, 3.8) is 0 Å². The fourth-order valence-corrected chi connectivity index (χ4v) is 5.16. The number of nitrogens with two attached hydrogens (primary N) is 1. The Labute approximate surface area is 167 Å². The van der Waals surface area contributed by atoms with Gasteiger partial charge in [-0.3, -0.25) is 4.79 Å². The number of nitrogens with zero attached hydrogens (tertiary/aromatic N) is 2. The molecule has 0 fully saturated rings. The van der Waals surface area contributed by atoms with E-state index in [9.17, 15) is 22.4 Å². The Balaban J connectivity index is 1.91. The zero-order valence-electron chi connectivity index (χ0n) is 14.9. The summed E-state index contributed by atoms with van der Waals surface area (Å²) < 4.78 is 62.0. The second-order valence-electron chi connectivity index (χ2n) is 6.63. The lowest BCUT2D eigenvalue weighted by Crippen LogP contribution is -2.49. The summed E-state index contributed by atoms with van der Waals surface area (Å²) in [6.07, 6.45) is 0.724. The molecule has 29 heavy (non-hydrogen) atoms. The number of benzene rings is 2. The van der Waals surface area contributed by atoms with Crippen LogP contribution in [0.5, 0.6) is 5.75 Å². The topological polar surface area (TPSA) is 67.9 Å². The molecule has 1 amide bonds. The van der Waals surface area contributed by atoms with Gasteiger partial charge < -0.3 is 10.5 Å². The van der Waals surface area contributed by atoms with Gasteiger partial charge in [-0.1, -0.05) is 11.8 Å². The van der Waals surface area contributed by atoms with Crippen molar-refractivity contribution in [2.75, 3.05) is 13.2 Å². The number of rotatable bonds is 4. The van der Waals surface area contributed by atoms with Gasteiger partial charge in [0.2, 0.25) is 6.41 Å². The minimum Gasteiger partial charge on any atom is -0.490 e. The molecule has 4 rings (SSSR count). The number of carbonyl (C=O) groups is 1. The minimum atomic E-state index is -1.41. The van der Waals surface area contributed by atoms with Crippen molar-refractivity contribution >= 4 is 23.2 Å². The van der Waals surface area contributed by atoms with E-state index in [1.165, 1.54) is 0 Å². The normalized spacial score (nSPS) is 23.0. The van der Waals surface area contributed by atoms with Gasteiger partial charge in [0.25, 0.3) is 0 Å². The van der Waals surface area contributed by atoms with Gasteiger partial charge in [-0.15, -0.1) is 0 Å². The average molecular weight is 425 g/mol. The molecule has 2 heterocycles. The van der Waals surface area contributed by atoms with Crippen LogP contribution in [0.2, 0.25) is 0 Å². The molecule has 2 unspecified atom stereocenters. The van der Waals surface area contributed by atoms with Crippen LogP contribution in [0.1, 0.15) is 17.5 Å². The lowest BCUT2D eigenvalue weighted by Gasteiger charge is -2.44. The monoisotopic (exact) mass is 425 g/mol. The lowest BCUT2D eigenvalue weighted by molar-refractivity contribution is -0.123. The number of hydrogen-bond acceptors (Lipinski definition) is 5. The molecule has 0 bridgehead atoms. The number of fused-ring (bicyclic) bond motifs is 2. The van der Waals surface area contributed by atoms with Crippen molar-refractivity contribution < 1.29 is 27.1 Å². The van der Waals surface area contributed by atoms with Crippen molar-refractivity contribution in [1.82, 2.24) is 5.01 Å². The number of amides is 1. The van der Waals surface area contributed by atoms with Crippen LogP contribution in [0.25, 0.3) is 0 Å². The van der Waals surface area contributed by atoms with E-state index in [0.29, 0.717) is 18.9 Å². The first-order valence-electron chi connectivity index (χ1n) is 8.70. The van der Waals surface area contributed by atoms with Crippen LogP contribution in [0.3, 0.4) is 0 Å². The van der Waals surface area contributed by atoms with E-state index < -0.39 is 34.1 Å². The van der Waals surface area contributed by atoms with Crippen molar-refractivity contribution in [1.29, 1.82) is 0 Å². The maximum atomic E-state index is 14.4. The summed E-state index contributed by atoms with van der Waals surface area (Å²) in [6, 6.07) is 4.59. The summed E-state index contributed by atoms with van der Waals surface area (Å²) in [4.78, 5) is 10.5. The molecule has 2 atom stereocenters. The maximum absolute atomic E-state index is 14.4. The Morgan fingerprint density at radius 1 is 1.21 bits per heavy atom. The smallest absolute Gasteiger partial charge is 0.231 e. The van der Waals surface area contributed by atoms with Crippen LogP contribution >= 0.6 is 11.8 Å². The zero-order valence-corrected chi connectivity index (χ0v) is 15.7. The molecule has 0 saturated heterocycles. The van der Waals surface area contributed by atoms with E-state index in [2.05, 4.69) is 5.10 Å². The lowest BCUT2D eigenvalue weighted by atomic mass is 9.86. The highest BCUT2D eigenvalue weighted by Gasteiger charge is 2.56. The molecular formula is C19H15F4N3O2S. The van der Waals surface area contributed by atoms with Crippen LogP contribution in [0, 0.1) is 29.2 Å². The van der Waals surface area contributed by atoms with Crippen molar-refractivity contribution in [2.45, 2.75) is 11.3 Å². The molecule has 2 aromatic rings. The van der Waals surface area contributed by atoms with E-state index >= 15 is 0 Å². The Bertz CT molecular complexity index is 1020. The Hall–Kier alpha value is -2.59. The molecule has 0 saturated carbocycles. The molecule has 2 aliphatic heterocycles. The van der Waals surface area contributed by atoms with Crippen molar-refractivity contribution in [3.05, 3.63) is 64.7 Å². The quantitative estimate of drug-likeness (QED) is 0.603. The van der Waals surface area contributed by atoms with Gasteiger partial charge in [0.1, 0.15) is 22.5 Å². The molecule has 0 aromatic heterocycles. The molecule has 152 valence electrons. The first kappa shape index (κ1) is 19.7. The molecule has 1 spiro atoms. The van der Waals surface area contributed by atoms with Gasteiger partial charge in [-0.2, -0.15) is 5.10 Å². The third kappa shape index (κ3) is 3.06. The summed E-state index contributed by atoms with van der Waals surface area (Å²) in [5, 5.41) is 5.14. The highest BCUT2D eigenvalue weighted by Crippen LogP contribution is 2.57. The molecule has 0 radical (unpaired) electrons. The second kappa shape index (κ2) is 7.34. The third-order valence-electron chi connectivity index (χ3n) is 4.94. The highest BCUT2D eigenvalue weighted by molar-refractivity contribution is 8.15. The largest absolute Gasteiger partial charge is 0.490 e. The predicted octanol–water partition coefficient (Wildman–Crippen LogP) is 3.32.